The average molecular weight is 168 g/mol. The van der Waals surface area contributed by atoms with Crippen LogP contribution in [0.2, 0.25) is 0 Å². The van der Waals surface area contributed by atoms with Crippen LogP contribution in [0.25, 0.3) is 0 Å². The normalized spacial score (nSPS) is 11.0. The maximum atomic E-state index is 4.11. The predicted octanol–water partition coefficient (Wildman–Crippen LogP) is 2.23. The Kier molecular flexibility index (Phi) is 6.44. The molecule has 2 heteroatoms. The summed E-state index contributed by atoms with van der Waals surface area (Å²) in [6, 6.07) is 0. The molecule has 0 rings (SSSR count). The Bertz CT molecular complexity index is 148. The van der Waals surface area contributed by atoms with Gasteiger partial charge >= 0.3 is 0 Å². The highest BCUT2D eigenvalue weighted by molar-refractivity contribution is 5.53. The third kappa shape index (κ3) is 7.32. The summed E-state index contributed by atoms with van der Waals surface area (Å²) in [6.07, 6.45) is 2.77. The molecule has 70 valence electrons. The minimum absolute atomic E-state index is 0.677. The van der Waals surface area contributed by atoms with Crippen molar-refractivity contribution in [2.75, 3.05) is 13.1 Å². The highest BCUT2D eigenvalue weighted by Crippen LogP contribution is 1.95. The van der Waals surface area contributed by atoms with Crippen molar-refractivity contribution in [1.82, 2.24) is 5.32 Å². The van der Waals surface area contributed by atoms with Crippen LogP contribution in [0.4, 0.5) is 0 Å². The zero-order valence-corrected chi connectivity index (χ0v) is 8.43. The maximum absolute atomic E-state index is 4.11. The lowest BCUT2D eigenvalue weighted by Crippen LogP contribution is -2.18. The molecule has 0 heterocycles. The van der Waals surface area contributed by atoms with Crippen LogP contribution < -0.4 is 5.32 Å². The van der Waals surface area contributed by atoms with E-state index in [4.69, 9.17) is 0 Å². The van der Waals surface area contributed by atoms with Gasteiger partial charge in [0.15, 0.2) is 0 Å². The van der Waals surface area contributed by atoms with Crippen LogP contribution >= 0.6 is 0 Å². The molecule has 1 N–H and O–H groups in total. The Labute approximate surface area is 75.8 Å². The van der Waals surface area contributed by atoms with E-state index in [1.165, 1.54) is 0 Å². The molecule has 0 aromatic heterocycles. The lowest BCUT2D eigenvalue weighted by Gasteiger charge is -2.10. The van der Waals surface area contributed by atoms with Crippen LogP contribution in [0.15, 0.2) is 17.3 Å². The summed E-state index contributed by atoms with van der Waals surface area (Å²) in [4.78, 5) is 4.11. The summed E-state index contributed by atoms with van der Waals surface area (Å²) in [5.74, 6) is 0.677. The van der Waals surface area contributed by atoms with Gasteiger partial charge in [-0.05, 0) is 19.1 Å². The molecule has 12 heavy (non-hydrogen) atoms. The molecule has 0 amide bonds. The standard InChI is InChI=1S/C10H20N2/c1-5-11-7-6-10(4)12-8-9(2)3/h5,9,12H,4,6-8H2,1-3H3/b11-5+. The molecule has 0 saturated heterocycles. The van der Waals surface area contributed by atoms with Gasteiger partial charge in [-0.3, -0.25) is 4.99 Å². The summed E-state index contributed by atoms with van der Waals surface area (Å²) in [6.45, 7) is 12.1. The highest BCUT2D eigenvalue weighted by Gasteiger charge is 1.94. The zero-order chi connectivity index (χ0) is 9.40. The fourth-order valence-electron chi connectivity index (χ4n) is 0.765. The molecule has 0 radical (unpaired) electrons. The van der Waals surface area contributed by atoms with Gasteiger partial charge in [0.25, 0.3) is 0 Å². The van der Waals surface area contributed by atoms with Crippen molar-refractivity contribution in [3.8, 4) is 0 Å². The van der Waals surface area contributed by atoms with Crippen LogP contribution in [0.5, 0.6) is 0 Å². The molecule has 0 spiro atoms. The molecule has 0 saturated carbocycles. The predicted molar refractivity (Wildman–Crippen MR) is 55.6 cm³/mol. The van der Waals surface area contributed by atoms with E-state index in [0.29, 0.717) is 5.92 Å². The van der Waals surface area contributed by atoms with Gasteiger partial charge in [-0.1, -0.05) is 20.4 Å². The molecule has 0 aromatic rings. The van der Waals surface area contributed by atoms with Crippen molar-refractivity contribution < 1.29 is 0 Å². The summed E-state index contributed by atoms with van der Waals surface area (Å²) >= 11 is 0. The molecule has 0 bridgehead atoms. The van der Waals surface area contributed by atoms with E-state index in [9.17, 15) is 0 Å². The first-order valence-electron chi connectivity index (χ1n) is 4.53. The molecule has 0 atom stereocenters. The summed E-state index contributed by atoms with van der Waals surface area (Å²) in [7, 11) is 0. The van der Waals surface area contributed by atoms with Crippen molar-refractivity contribution in [1.29, 1.82) is 0 Å². The number of hydrogen-bond donors (Lipinski definition) is 1. The Morgan fingerprint density at radius 2 is 2.25 bits per heavy atom. The van der Waals surface area contributed by atoms with E-state index in [-0.39, 0.29) is 0 Å². The van der Waals surface area contributed by atoms with Crippen molar-refractivity contribution >= 4 is 6.21 Å². The second kappa shape index (κ2) is 6.89. The quantitative estimate of drug-likeness (QED) is 0.604. The van der Waals surface area contributed by atoms with Crippen LogP contribution in [0.3, 0.4) is 0 Å². The first kappa shape index (κ1) is 11.2. The third-order valence-corrected chi connectivity index (χ3v) is 1.49. The summed E-state index contributed by atoms with van der Waals surface area (Å²) in [5, 5.41) is 3.27. The number of nitrogens with one attached hydrogen (secondary N) is 1. The molecule has 0 aromatic carbocycles. The second-order valence-electron chi connectivity index (χ2n) is 3.29. The third-order valence-electron chi connectivity index (χ3n) is 1.49. The van der Waals surface area contributed by atoms with Crippen LogP contribution in [-0.2, 0) is 0 Å². The number of aliphatic imine (C=N–C) groups is 1. The first-order chi connectivity index (χ1) is 5.66. The minimum atomic E-state index is 0.677. The van der Waals surface area contributed by atoms with Gasteiger partial charge in [0.1, 0.15) is 0 Å². The first-order valence-corrected chi connectivity index (χ1v) is 4.53. The smallest absolute Gasteiger partial charge is 0.0439 e. The monoisotopic (exact) mass is 168 g/mol. The molecule has 2 nitrogen and oxygen atoms in total. The van der Waals surface area contributed by atoms with Crippen molar-refractivity contribution in [3.05, 3.63) is 12.3 Å². The summed E-state index contributed by atoms with van der Waals surface area (Å²) in [5.41, 5.74) is 1.09. The number of hydrogen-bond acceptors (Lipinski definition) is 2. The van der Waals surface area contributed by atoms with Gasteiger partial charge in [0.05, 0.1) is 0 Å². The zero-order valence-electron chi connectivity index (χ0n) is 8.43. The molecular weight excluding hydrogens is 148 g/mol. The lowest BCUT2D eigenvalue weighted by atomic mass is 10.2. The van der Waals surface area contributed by atoms with Gasteiger partial charge in [-0.25, -0.2) is 0 Å². The second-order valence-corrected chi connectivity index (χ2v) is 3.29. The topological polar surface area (TPSA) is 24.4 Å². The van der Waals surface area contributed by atoms with E-state index in [1.54, 1.807) is 0 Å². The van der Waals surface area contributed by atoms with Gasteiger partial charge in [-0.15, -0.1) is 0 Å². The molecule has 0 aliphatic carbocycles. The van der Waals surface area contributed by atoms with E-state index >= 15 is 0 Å². The average Bonchev–Trinajstić information content (AvgIpc) is 2.01. The minimum Gasteiger partial charge on any atom is -0.389 e. The van der Waals surface area contributed by atoms with Gasteiger partial charge < -0.3 is 5.32 Å². The fraction of sp³-hybridized carbons (Fsp3) is 0.700. The maximum Gasteiger partial charge on any atom is 0.0439 e. The number of rotatable bonds is 6. The molecule has 0 aliphatic heterocycles. The van der Waals surface area contributed by atoms with E-state index in [1.807, 2.05) is 13.1 Å². The Balaban J connectivity index is 3.34. The van der Waals surface area contributed by atoms with Crippen LogP contribution in [0.1, 0.15) is 27.2 Å². The number of nitrogens with zero attached hydrogens (tertiary/aromatic N) is 1. The SMILES string of the molecule is C=C(CC/N=C/C)NCC(C)C. The van der Waals surface area contributed by atoms with Crippen LogP contribution in [-0.4, -0.2) is 19.3 Å². The van der Waals surface area contributed by atoms with Gasteiger partial charge in [0.2, 0.25) is 0 Å². The van der Waals surface area contributed by atoms with E-state index < -0.39 is 0 Å². The van der Waals surface area contributed by atoms with E-state index in [0.717, 1.165) is 25.2 Å². The van der Waals surface area contributed by atoms with Gasteiger partial charge in [0, 0.05) is 25.2 Å². The van der Waals surface area contributed by atoms with Gasteiger partial charge in [-0.2, -0.15) is 0 Å². The molecule has 0 aliphatic rings. The Hall–Kier alpha value is -0.790. The van der Waals surface area contributed by atoms with Crippen LogP contribution in [0, 0.1) is 5.92 Å². The lowest BCUT2D eigenvalue weighted by molar-refractivity contribution is 0.587. The van der Waals surface area contributed by atoms with Crippen molar-refractivity contribution in [3.63, 3.8) is 0 Å². The van der Waals surface area contributed by atoms with Crippen molar-refractivity contribution in [2.24, 2.45) is 10.9 Å². The summed E-state index contributed by atoms with van der Waals surface area (Å²) < 4.78 is 0. The Morgan fingerprint density at radius 3 is 2.75 bits per heavy atom. The Morgan fingerprint density at radius 1 is 1.58 bits per heavy atom. The fourth-order valence-corrected chi connectivity index (χ4v) is 0.765. The van der Waals surface area contributed by atoms with E-state index in [2.05, 4.69) is 30.7 Å². The molecule has 0 unspecified atom stereocenters. The highest BCUT2D eigenvalue weighted by atomic mass is 14.9. The molecule has 0 fully saturated rings. The molecular formula is C10H20N2. The largest absolute Gasteiger partial charge is 0.389 e. The van der Waals surface area contributed by atoms with Crippen molar-refractivity contribution in [2.45, 2.75) is 27.2 Å².